The van der Waals surface area contributed by atoms with Gasteiger partial charge in [-0.3, -0.25) is 9.59 Å². The summed E-state index contributed by atoms with van der Waals surface area (Å²) in [5.41, 5.74) is -1.05. The van der Waals surface area contributed by atoms with Crippen LogP contribution in [0.4, 0.5) is 13.2 Å². The molecule has 34 heavy (non-hydrogen) atoms. The maximum absolute atomic E-state index is 13.4. The number of alkyl halides is 3. The minimum atomic E-state index is -4.60. The molecule has 0 aromatic heterocycles. The van der Waals surface area contributed by atoms with E-state index in [1.807, 2.05) is 19.0 Å². The van der Waals surface area contributed by atoms with Crippen LogP contribution in [0.3, 0.4) is 0 Å². The molecule has 1 aliphatic carbocycles. The van der Waals surface area contributed by atoms with E-state index in [9.17, 15) is 22.8 Å². The van der Waals surface area contributed by atoms with Crippen molar-refractivity contribution in [1.29, 1.82) is 0 Å². The Hall–Kier alpha value is -3.27. The molecule has 0 saturated heterocycles. The minimum Gasteiger partial charge on any atom is -0.497 e. The Labute approximate surface area is 196 Å². The number of carbonyl (C=O) groups is 2. The van der Waals surface area contributed by atoms with Crippen molar-refractivity contribution in [1.82, 2.24) is 15.5 Å². The number of nitrogens with one attached hydrogen (secondary N) is 2. The number of benzene rings is 2. The summed E-state index contributed by atoms with van der Waals surface area (Å²) < 4.78 is 50.4. The molecule has 2 N–H and O–H groups in total. The van der Waals surface area contributed by atoms with Crippen molar-refractivity contribution in [3.05, 3.63) is 53.6 Å². The highest BCUT2D eigenvalue weighted by Gasteiger charge is 2.50. The average molecular weight is 479 g/mol. The number of hydrogen-bond acceptors (Lipinski definition) is 5. The molecule has 2 aromatic carbocycles. The van der Waals surface area contributed by atoms with Crippen LogP contribution in [0, 0.1) is 0 Å². The van der Waals surface area contributed by atoms with Gasteiger partial charge in [0.25, 0.3) is 0 Å². The largest absolute Gasteiger partial charge is 0.497 e. The van der Waals surface area contributed by atoms with Crippen molar-refractivity contribution in [2.24, 2.45) is 0 Å². The lowest BCUT2D eigenvalue weighted by Crippen LogP contribution is -2.49. The van der Waals surface area contributed by atoms with E-state index in [0.29, 0.717) is 25.8 Å². The SMILES string of the molecule is COc1ccc(Oc2ccc(CNC(=O)C3(NC(=O)CCN(C)C)CC3)cc2)c(C(F)(F)F)c1. The molecule has 1 fully saturated rings. The monoisotopic (exact) mass is 479 g/mol. The van der Waals surface area contributed by atoms with Gasteiger partial charge in [0.15, 0.2) is 0 Å². The zero-order valence-electron chi connectivity index (χ0n) is 19.3. The van der Waals surface area contributed by atoms with Crippen LogP contribution >= 0.6 is 0 Å². The predicted octanol–water partition coefficient (Wildman–Crippen LogP) is 3.72. The summed E-state index contributed by atoms with van der Waals surface area (Å²) in [6, 6.07) is 9.85. The molecular formula is C24H28F3N3O4. The molecule has 184 valence electrons. The molecular weight excluding hydrogens is 451 g/mol. The molecule has 0 unspecified atom stereocenters. The van der Waals surface area contributed by atoms with Crippen molar-refractivity contribution in [3.8, 4) is 17.2 Å². The lowest BCUT2D eigenvalue weighted by Gasteiger charge is -2.18. The van der Waals surface area contributed by atoms with Crippen LogP contribution in [-0.2, 0) is 22.3 Å². The Bertz CT molecular complexity index is 1020. The van der Waals surface area contributed by atoms with E-state index in [1.54, 1.807) is 12.1 Å². The van der Waals surface area contributed by atoms with Gasteiger partial charge in [0.1, 0.15) is 28.4 Å². The first-order chi connectivity index (χ1) is 16.0. The second-order valence-electron chi connectivity index (χ2n) is 8.47. The lowest BCUT2D eigenvalue weighted by molar-refractivity contribution is -0.138. The summed E-state index contributed by atoms with van der Waals surface area (Å²) in [4.78, 5) is 26.6. The van der Waals surface area contributed by atoms with Gasteiger partial charge in [0, 0.05) is 19.5 Å². The third kappa shape index (κ3) is 6.63. The number of carbonyl (C=O) groups excluding carboxylic acids is 2. The number of nitrogens with zero attached hydrogens (tertiary/aromatic N) is 1. The van der Waals surface area contributed by atoms with Gasteiger partial charge in [0.2, 0.25) is 11.8 Å². The number of hydrogen-bond donors (Lipinski definition) is 2. The first kappa shape index (κ1) is 25.4. The average Bonchev–Trinajstić information content (AvgIpc) is 3.57. The van der Waals surface area contributed by atoms with Gasteiger partial charge in [0.05, 0.1) is 7.11 Å². The molecule has 0 bridgehead atoms. The van der Waals surface area contributed by atoms with Crippen molar-refractivity contribution in [2.45, 2.75) is 37.5 Å². The molecule has 1 saturated carbocycles. The Balaban J connectivity index is 1.57. The summed E-state index contributed by atoms with van der Waals surface area (Å²) in [7, 11) is 5.03. The van der Waals surface area contributed by atoms with Crippen LogP contribution in [0.15, 0.2) is 42.5 Å². The second-order valence-corrected chi connectivity index (χ2v) is 8.47. The van der Waals surface area contributed by atoms with Gasteiger partial charge in [-0.1, -0.05) is 12.1 Å². The van der Waals surface area contributed by atoms with Gasteiger partial charge in [-0.05, 0) is 62.8 Å². The van der Waals surface area contributed by atoms with Gasteiger partial charge in [-0.15, -0.1) is 0 Å². The molecule has 1 aliphatic rings. The molecule has 0 spiro atoms. The molecule has 2 amide bonds. The van der Waals surface area contributed by atoms with Crippen LogP contribution in [0.5, 0.6) is 17.2 Å². The molecule has 7 nitrogen and oxygen atoms in total. The zero-order valence-corrected chi connectivity index (χ0v) is 19.3. The highest BCUT2D eigenvalue weighted by molar-refractivity contribution is 5.94. The van der Waals surface area contributed by atoms with E-state index >= 15 is 0 Å². The van der Waals surface area contributed by atoms with Crippen molar-refractivity contribution < 1.29 is 32.2 Å². The van der Waals surface area contributed by atoms with E-state index in [2.05, 4.69) is 10.6 Å². The Morgan fingerprint density at radius 1 is 1.06 bits per heavy atom. The van der Waals surface area contributed by atoms with Gasteiger partial charge in [-0.25, -0.2) is 0 Å². The van der Waals surface area contributed by atoms with Crippen LogP contribution in [0.2, 0.25) is 0 Å². The van der Waals surface area contributed by atoms with Crippen molar-refractivity contribution in [2.75, 3.05) is 27.7 Å². The third-order valence-electron chi connectivity index (χ3n) is 5.45. The first-order valence-electron chi connectivity index (χ1n) is 10.8. The number of rotatable bonds is 10. The van der Waals surface area contributed by atoms with E-state index in [4.69, 9.17) is 9.47 Å². The smallest absolute Gasteiger partial charge is 0.420 e. The Morgan fingerprint density at radius 3 is 2.26 bits per heavy atom. The summed E-state index contributed by atoms with van der Waals surface area (Å²) in [6.07, 6.45) is -3.12. The predicted molar refractivity (Wildman–Crippen MR) is 120 cm³/mol. The highest BCUT2D eigenvalue weighted by Crippen LogP contribution is 2.40. The van der Waals surface area contributed by atoms with E-state index in [1.165, 1.54) is 31.4 Å². The fourth-order valence-corrected chi connectivity index (χ4v) is 3.29. The summed E-state index contributed by atoms with van der Waals surface area (Å²) >= 11 is 0. The number of ether oxygens (including phenoxy) is 2. The van der Waals surface area contributed by atoms with Gasteiger partial charge < -0.3 is 25.0 Å². The van der Waals surface area contributed by atoms with E-state index < -0.39 is 17.3 Å². The summed E-state index contributed by atoms with van der Waals surface area (Å²) in [6.45, 7) is 0.809. The van der Waals surface area contributed by atoms with Gasteiger partial charge >= 0.3 is 6.18 Å². The fraction of sp³-hybridized carbons (Fsp3) is 0.417. The maximum atomic E-state index is 13.4. The Morgan fingerprint density at radius 2 is 1.71 bits per heavy atom. The molecule has 3 rings (SSSR count). The number of amides is 2. The zero-order chi connectivity index (χ0) is 24.9. The number of methoxy groups -OCH3 is 1. The minimum absolute atomic E-state index is 0.0769. The molecule has 0 heterocycles. The fourth-order valence-electron chi connectivity index (χ4n) is 3.29. The van der Waals surface area contributed by atoms with Crippen LogP contribution < -0.4 is 20.1 Å². The molecule has 0 aliphatic heterocycles. The van der Waals surface area contributed by atoms with Crippen LogP contribution in [0.1, 0.15) is 30.4 Å². The highest BCUT2D eigenvalue weighted by atomic mass is 19.4. The first-order valence-corrected chi connectivity index (χ1v) is 10.8. The number of halogens is 3. The van der Waals surface area contributed by atoms with Crippen molar-refractivity contribution in [3.63, 3.8) is 0 Å². The van der Waals surface area contributed by atoms with Gasteiger partial charge in [-0.2, -0.15) is 13.2 Å². The maximum Gasteiger partial charge on any atom is 0.420 e. The topological polar surface area (TPSA) is 79.9 Å². The second kappa shape index (κ2) is 10.3. The summed E-state index contributed by atoms with van der Waals surface area (Å²) in [5, 5.41) is 5.64. The molecule has 0 atom stereocenters. The quantitative estimate of drug-likeness (QED) is 0.543. The van der Waals surface area contributed by atoms with Crippen molar-refractivity contribution >= 4 is 11.8 Å². The molecule has 0 radical (unpaired) electrons. The standard InChI is InChI=1S/C24H28F3N3O4/c1-30(2)13-10-21(31)29-23(11-12-23)22(32)28-15-16-4-6-17(7-5-16)34-20-9-8-18(33-3)14-19(20)24(25,26)27/h4-9,14H,10-13,15H2,1-3H3,(H,28,32)(H,29,31). The lowest BCUT2D eigenvalue weighted by atomic mass is 10.1. The summed E-state index contributed by atoms with van der Waals surface area (Å²) in [5.74, 6) is -0.459. The normalized spacial score (nSPS) is 14.4. The molecule has 10 heteroatoms. The molecule has 2 aromatic rings. The van der Waals surface area contributed by atoms with E-state index in [0.717, 1.165) is 11.6 Å². The van der Waals surface area contributed by atoms with Crippen LogP contribution in [-0.4, -0.2) is 50.0 Å². The Kier molecular flexibility index (Phi) is 7.71. The van der Waals surface area contributed by atoms with Crippen LogP contribution in [0.25, 0.3) is 0 Å². The third-order valence-corrected chi connectivity index (χ3v) is 5.45. The van der Waals surface area contributed by atoms with E-state index in [-0.39, 0.29) is 35.6 Å².